The van der Waals surface area contributed by atoms with E-state index in [0.717, 1.165) is 25.4 Å². The fourth-order valence-corrected chi connectivity index (χ4v) is 3.15. The highest BCUT2D eigenvalue weighted by molar-refractivity contribution is 5.29. The van der Waals surface area contributed by atoms with Gasteiger partial charge in [-0.15, -0.1) is 0 Å². The molecule has 118 valence electrons. The molecule has 0 amide bonds. The van der Waals surface area contributed by atoms with Crippen LogP contribution in [0.5, 0.6) is 5.75 Å². The molecule has 1 aromatic carbocycles. The molecule has 2 atom stereocenters. The van der Waals surface area contributed by atoms with Gasteiger partial charge in [-0.2, -0.15) is 0 Å². The van der Waals surface area contributed by atoms with E-state index in [1.165, 1.54) is 24.9 Å². The number of hydrogen-bond donors (Lipinski definition) is 1. The monoisotopic (exact) mass is 292 g/mol. The van der Waals surface area contributed by atoms with Gasteiger partial charge in [0.25, 0.3) is 0 Å². The molecule has 1 fully saturated rings. The lowest BCUT2D eigenvalue weighted by Crippen LogP contribution is -2.41. The van der Waals surface area contributed by atoms with Crippen LogP contribution in [0.25, 0.3) is 0 Å². The molecule has 2 rings (SSSR count). The van der Waals surface area contributed by atoms with Crippen LogP contribution in [0, 0.1) is 5.92 Å². The zero-order chi connectivity index (χ0) is 15.1. The molecular formula is C17H28N2O2. The van der Waals surface area contributed by atoms with Crippen molar-refractivity contribution in [1.82, 2.24) is 10.2 Å². The maximum atomic E-state index is 5.31. The maximum Gasteiger partial charge on any atom is 0.118 e. The van der Waals surface area contributed by atoms with E-state index in [1.807, 2.05) is 19.2 Å². The van der Waals surface area contributed by atoms with Gasteiger partial charge in [-0.3, -0.25) is 0 Å². The molecule has 1 aliphatic rings. The Hall–Kier alpha value is -1.10. The summed E-state index contributed by atoms with van der Waals surface area (Å²) < 4.78 is 10.5. The van der Waals surface area contributed by atoms with Gasteiger partial charge in [-0.1, -0.05) is 12.1 Å². The van der Waals surface area contributed by atoms with Crippen molar-refractivity contribution in [2.45, 2.75) is 18.9 Å². The summed E-state index contributed by atoms with van der Waals surface area (Å²) in [4.78, 5) is 2.55. The van der Waals surface area contributed by atoms with Gasteiger partial charge in [-0.25, -0.2) is 0 Å². The first-order chi connectivity index (χ1) is 10.3. The molecule has 0 radical (unpaired) electrons. The fraction of sp³-hybridized carbons (Fsp3) is 0.647. The Labute approximate surface area is 128 Å². The first-order valence-corrected chi connectivity index (χ1v) is 7.79. The lowest BCUT2D eigenvalue weighted by Gasteiger charge is -2.34. The van der Waals surface area contributed by atoms with Crippen LogP contribution in [-0.4, -0.2) is 52.4 Å². The molecule has 1 aliphatic heterocycles. The first-order valence-electron chi connectivity index (χ1n) is 7.79. The van der Waals surface area contributed by atoms with Crippen LogP contribution in [0.15, 0.2) is 24.3 Å². The fourth-order valence-electron chi connectivity index (χ4n) is 3.15. The van der Waals surface area contributed by atoms with Gasteiger partial charge in [0.2, 0.25) is 0 Å². The van der Waals surface area contributed by atoms with Crippen LogP contribution in [0.4, 0.5) is 0 Å². The summed E-state index contributed by atoms with van der Waals surface area (Å²) >= 11 is 0. The van der Waals surface area contributed by atoms with E-state index in [1.54, 1.807) is 14.2 Å². The minimum atomic E-state index is 0.359. The maximum absolute atomic E-state index is 5.31. The van der Waals surface area contributed by atoms with Gasteiger partial charge >= 0.3 is 0 Å². The van der Waals surface area contributed by atoms with E-state index in [9.17, 15) is 0 Å². The SMILES string of the molecule is CNC(CN1CCCC(COC)C1)c1ccc(OC)cc1. The van der Waals surface area contributed by atoms with E-state index in [2.05, 4.69) is 22.3 Å². The van der Waals surface area contributed by atoms with E-state index in [0.29, 0.717) is 12.0 Å². The minimum absolute atomic E-state index is 0.359. The second kappa shape index (κ2) is 8.37. The Bertz CT molecular complexity index is 406. The Morgan fingerprint density at radius 1 is 1.29 bits per heavy atom. The van der Waals surface area contributed by atoms with Gasteiger partial charge in [0.05, 0.1) is 13.7 Å². The van der Waals surface area contributed by atoms with Gasteiger partial charge < -0.3 is 19.7 Å². The third-order valence-corrected chi connectivity index (χ3v) is 4.31. The molecule has 0 saturated carbocycles. The molecule has 0 spiro atoms. The highest BCUT2D eigenvalue weighted by Gasteiger charge is 2.22. The third-order valence-electron chi connectivity index (χ3n) is 4.31. The molecule has 21 heavy (non-hydrogen) atoms. The number of likely N-dealkylation sites (tertiary alicyclic amines) is 1. The number of nitrogens with one attached hydrogen (secondary N) is 1. The van der Waals surface area contributed by atoms with Gasteiger partial charge in [0.15, 0.2) is 0 Å². The summed E-state index contributed by atoms with van der Waals surface area (Å²) in [6, 6.07) is 8.72. The van der Waals surface area contributed by atoms with Crippen molar-refractivity contribution in [1.29, 1.82) is 0 Å². The van der Waals surface area contributed by atoms with Crippen molar-refractivity contribution in [2.75, 3.05) is 47.5 Å². The van der Waals surface area contributed by atoms with Crippen LogP contribution in [0.3, 0.4) is 0 Å². The van der Waals surface area contributed by atoms with Crippen molar-refractivity contribution in [3.8, 4) is 5.75 Å². The molecule has 0 aliphatic carbocycles. The van der Waals surface area contributed by atoms with E-state index in [-0.39, 0.29) is 0 Å². The number of methoxy groups -OCH3 is 2. The average Bonchev–Trinajstić information content (AvgIpc) is 2.53. The number of nitrogens with zero attached hydrogens (tertiary/aromatic N) is 1. The molecule has 4 nitrogen and oxygen atoms in total. The summed E-state index contributed by atoms with van der Waals surface area (Å²) in [7, 11) is 5.53. The summed E-state index contributed by atoms with van der Waals surface area (Å²) in [5.74, 6) is 1.59. The minimum Gasteiger partial charge on any atom is -0.497 e. The topological polar surface area (TPSA) is 33.7 Å². The average molecular weight is 292 g/mol. The molecular weight excluding hydrogens is 264 g/mol. The molecule has 1 saturated heterocycles. The van der Waals surface area contributed by atoms with Crippen molar-refractivity contribution in [3.63, 3.8) is 0 Å². The zero-order valence-corrected chi connectivity index (χ0v) is 13.5. The van der Waals surface area contributed by atoms with Crippen LogP contribution >= 0.6 is 0 Å². The number of benzene rings is 1. The standard InChI is InChI=1S/C17H28N2O2/c1-18-17(15-6-8-16(21-3)9-7-15)12-19-10-4-5-14(11-19)13-20-2/h6-9,14,17-18H,4-5,10-13H2,1-3H3. The Morgan fingerprint density at radius 3 is 2.67 bits per heavy atom. The Balaban J connectivity index is 1.94. The van der Waals surface area contributed by atoms with E-state index < -0.39 is 0 Å². The second-order valence-electron chi connectivity index (χ2n) is 5.84. The lowest BCUT2D eigenvalue weighted by molar-refractivity contribution is 0.0861. The summed E-state index contributed by atoms with van der Waals surface area (Å²) in [6.07, 6.45) is 2.56. The van der Waals surface area contributed by atoms with E-state index >= 15 is 0 Å². The van der Waals surface area contributed by atoms with Crippen molar-refractivity contribution in [2.24, 2.45) is 5.92 Å². The van der Waals surface area contributed by atoms with E-state index in [4.69, 9.17) is 9.47 Å². The predicted molar refractivity (Wildman–Crippen MR) is 85.8 cm³/mol. The van der Waals surface area contributed by atoms with Crippen LogP contribution in [0.2, 0.25) is 0 Å². The lowest BCUT2D eigenvalue weighted by atomic mass is 9.97. The quantitative estimate of drug-likeness (QED) is 0.836. The van der Waals surface area contributed by atoms with Gasteiger partial charge in [-0.05, 0) is 50.0 Å². The number of hydrogen-bond acceptors (Lipinski definition) is 4. The van der Waals surface area contributed by atoms with Crippen molar-refractivity contribution in [3.05, 3.63) is 29.8 Å². The molecule has 1 N–H and O–H groups in total. The molecule has 1 aromatic rings. The van der Waals surface area contributed by atoms with Crippen molar-refractivity contribution >= 4 is 0 Å². The number of rotatable bonds is 7. The molecule has 0 aromatic heterocycles. The Kier molecular flexibility index (Phi) is 6.49. The highest BCUT2D eigenvalue weighted by Crippen LogP contribution is 2.22. The summed E-state index contributed by atoms with van der Waals surface area (Å²) in [5.41, 5.74) is 1.31. The van der Waals surface area contributed by atoms with Crippen molar-refractivity contribution < 1.29 is 9.47 Å². The molecule has 2 unspecified atom stereocenters. The normalized spacial score (nSPS) is 21.2. The molecule has 1 heterocycles. The van der Waals surface area contributed by atoms with Gasteiger partial charge in [0.1, 0.15) is 5.75 Å². The van der Waals surface area contributed by atoms with Crippen LogP contribution in [-0.2, 0) is 4.74 Å². The predicted octanol–water partition coefficient (Wildman–Crippen LogP) is 2.31. The molecule has 4 heteroatoms. The summed E-state index contributed by atoms with van der Waals surface area (Å²) in [5, 5.41) is 3.44. The first kappa shape index (κ1) is 16.3. The zero-order valence-electron chi connectivity index (χ0n) is 13.5. The van der Waals surface area contributed by atoms with Gasteiger partial charge in [0, 0.05) is 26.2 Å². The number of likely N-dealkylation sites (N-methyl/N-ethyl adjacent to an activating group) is 1. The number of ether oxygens (including phenoxy) is 2. The smallest absolute Gasteiger partial charge is 0.118 e. The summed E-state index contributed by atoms with van der Waals surface area (Å²) in [6.45, 7) is 4.25. The largest absolute Gasteiger partial charge is 0.497 e. The highest BCUT2D eigenvalue weighted by atomic mass is 16.5. The third kappa shape index (κ3) is 4.70. The van der Waals surface area contributed by atoms with Crippen LogP contribution < -0.4 is 10.1 Å². The van der Waals surface area contributed by atoms with Crippen LogP contribution in [0.1, 0.15) is 24.4 Å². The second-order valence-corrected chi connectivity index (χ2v) is 5.84. The molecule has 0 bridgehead atoms. The Morgan fingerprint density at radius 2 is 2.05 bits per heavy atom. The number of piperidine rings is 1.